The van der Waals surface area contributed by atoms with Gasteiger partial charge in [-0.15, -0.1) is 0 Å². The van der Waals surface area contributed by atoms with Gasteiger partial charge in [0.1, 0.15) is 17.4 Å². The highest BCUT2D eigenvalue weighted by Gasteiger charge is 2.36. The average molecular weight is 441 g/mol. The number of primary amides is 1. The van der Waals surface area contributed by atoms with Crippen LogP contribution in [0.4, 0.5) is 0 Å². The van der Waals surface area contributed by atoms with Crippen molar-refractivity contribution in [1.82, 2.24) is 4.90 Å². The molecule has 8 heteroatoms. The van der Waals surface area contributed by atoms with Gasteiger partial charge in [-0.05, 0) is 51.0 Å². The molecular weight excluding hydrogens is 416 g/mol. The summed E-state index contributed by atoms with van der Waals surface area (Å²) in [6.45, 7) is 6.07. The number of alkyl halides is 1. The standard InChI is InChI=1S/C19H25BrN2O5/c1-19(2,3)27-16(23)7-6-15(17(21)24)22-11-12-10-13(26-9-8-20)4-5-14(12)18(22)25/h4-5,10,15H,6-9,11H2,1-3H3,(H2,21,24). The number of amides is 2. The molecule has 148 valence electrons. The molecule has 1 aromatic rings. The molecule has 0 fully saturated rings. The molecule has 0 aliphatic carbocycles. The summed E-state index contributed by atoms with van der Waals surface area (Å²) in [5.41, 5.74) is 6.19. The van der Waals surface area contributed by atoms with E-state index in [1.54, 1.807) is 39.0 Å². The highest BCUT2D eigenvalue weighted by Crippen LogP contribution is 2.29. The van der Waals surface area contributed by atoms with E-state index in [9.17, 15) is 14.4 Å². The zero-order chi connectivity index (χ0) is 20.2. The molecule has 1 aliphatic heterocycles. The van der Waals surface area contributed by atoms with E-state index in [2.05, 4.69) is 15.9 Å². The van der Waals surface area contributed by atoms with Crippen LogP contribution in [0.15, 0.2) is 18.2 Å². The van der Waals surface area contributed by atoms with Crippen molar-refractivity contribution in [3.05, 3.63) is 29.3 Å². The number of ether oxygens (including phenoxy) is 2. The molecule has 0 bridgehead atoms. The summed E-state index contributed by atoms with van der Waals surface area (Å²) < 4.78 is 10.8. The minimum absolute atomic E-state index is 0.00458. The van der Waals surface area contributed by atoms with E-state index in [1.807, 2.05) is 0 Å². The van der Waals surface area contributed by atoms with Crippen molar-refractivity contribution in [2.75, 3.05) is 11.9 Å². The fourth-order valence-corrected chi connectivity index (χ4v) is 3.08. The first kappa shape index (κ1) is 21.2. The van der Waals surface area contributed by atoms with Crippen LogP contribution < -0.4 is 10.5 Å². The average Bonchev–Trinajstić information content (AvgIpc) is 2.87. The predicted molar refractivity (Wildman–Crippen MR) is 104 cm³/mol. The number of nitrogens with two attached hydrogens (primary N) is 1. The highest BCUT2D eigenvalue weighted by atomic mass is 79.9. The molecule has 1 aliphatic rings. The van der Waals surface area contributed by atoms with Gasteiger partial charge in [0.05, 0.1) is 6.61 Å². The molecule has 1 aromatic carbocycles. The molecule has 0 saturated heterocycles. The van der Waals surface area contributed by atoms with Crippen LogP contribution in [-0.2, 0) is 20.9 Å². The van der Waals surface area contributed by atoms with E-state index in [1.165, 1.54) is 4.90 Å². The third-order valence-corrected chi connectivity index (χ3v) is 4.32. The van der Waals surface area contributed by atoms with Crippen LogP contribution in [0.25, 0.3) is 0 Å². The zero-order valence-corrected chi connectivity index (χ0v) is 17.4. The smallest absolute Gasteiger partial charge is 0.306 e. The number of carbonyl (C=O) groups is 3. The summed E-state index contributed by atoms with van der Waals surface area (Å²) in [5.74, 6) is -0.684. The molecule has 2 amide bonds. The van der Waals surface area contributed by atoms with E-state index >= 15 is 0 Å². The summed E-state index contributed by atoms with van der Waals surface area (Å²) in [4.78, 5) is 38.0. The lowest BCUT2D eigenvalue weighted by atomic mass is 10.1. The maximum absolute atomic E-state index is 12.7. The van der Waals surface area contributed by atoms with Crippen LogP contribution in [0.5, 0.6) is 5.75 Å². The third kappa shape index (κ3) is 5.69. The quantitative estimate of drug-likeness (QED) is 0.494. The Bertz CT molecular complexity index is 729. The number of nitrogens with zero attached hydrogens (tertiary/aromatic N) is 1. The van der Waals surface area contributed by atoms with Crippen LogP contribution in [-0.4, -0.2) is 46.3 Å². The Balaban J connectivity index is 2.08. The first-order valence-corrected chi connectivity index (χ1v) is 9.88. The number of esters is 1. The lowest BCUT2D eigenvalue weighted by Gasteiger charge is -2.25. The molecule has 27 heavy (non-hydrogen) atoms. The minimum Gasteiger partial charge on any atom is -0.493 e. The molecule has 2 rings (SSSR count). The summed E-state index contributed by atoms with van der Waals surface area (Å²) in [7, 11) is 0. The second-order valence-corrected chi connectivity index (χ2v) is 8.13. The molecule has 7 nitrogen and oxygen atoms in total. The lowest BCUT2D eigenvalue weighted by molar-refractivity contribution is -0.155. The molecule has 1 unspecified atom stereocenters. The fourth-order valence-electron chi connectivity index (χ4n) is 2.92. The van der Waals surface area contributed by atoms with Crippen molar-refractivity contribution < 1.29 is 23.9 Å². The van der Waals surface area contributed by atoms with Crippen LogP contribution in [0.3, 0.4) is 0 Å². The Labute approximate surface area is 167 Å². The van der Waals surface area contributed by atoms with E-state index in [-0.39, 0.29) is 25.3 Å². The van der Waals surface area contributed by atoms with Gasteiger partial charge < -0.3 is 20.1 Å². The molecule has 0 aromatic heterocycles. The summed E-state index contributed by atoms with van der Waals surface area (Å²) in [6, 6.07) is 4.34. The second kappa shape index (κ2) is 8.73. The number of hydrogen-bond acceptors (Lipinski definition) is 5. The van der Waals surface area contributed by atoms with Gasteiger partial charge in [-0.2, -0.15) is 0 Å². The largest absolute Gasteiger partial charge is 0.493 e. The Morgan fingerprint density at radius 1 is 1.33 bits per heavy atom. The monoisotopic (exact) mass is 440 g/mol. The van der Waals surface area contributed by atoms with Crippen molar-refractivity contribution in [3.8, 4) is 5.75 Å². The Kier molecular flexibility index (Phi) is 6.86. The first-order chi connectivity index (χ1) is 12.6. The van der Waals surface area contributed by atoms with E-state index in [0.29, 0.717) is 23.2 Å². The molecule has 0 spiro atoms. The Hall–Kier alpha value is -2.09. The number of carbonyl (C=O) groups excluding carboxylic acids is 3. The lowest BCUT2D eigenvalue weighted by Crippen LogP contribution is -2.45. The van der Waals surface area contributed by atoms with Gasteiger partial charge in [0.2, 0.25) is 5.91 Å². The first-order valence-electron chi connectivity index (χ1n) is 8.76. The van der Waals surface area contributed by atoms with Crippen LogP contribution >= 0.6 is 15.9 Å². The van der Waals surface area contributed by atoms with Crippen LogP contribution in [0, 0.1) is 0 Å². The predicted octanol–water partition coefficient (Wildman–Crippen LogP) is 2.39. The van der Waals surface area contributed by atoms with Gasteiger partial charge in [-0.1, -0.05) is 15.9 Å². The fraction of sp³-hybridized carbons (Fsp3) is 0.526. The summed E-state index contributed by atoms with van der Waals surface area (Å²) >= 11 is 3.29. The van der Waals surface area contributed by atoms with Crippen molar-refractivity contribution in [2.45, 2.75) is 51.8 Å². The van der Waals surface area contributed by atoms with Gasteiger partial charge in [-0.3, -0.25) is 14.4 Å². The number of halogens is 1. The Morgan fingerprint density at radius 3 is 2.63 bits per heavy atom. The maximum Gasteiger partial charge on any atom is 0.306 e. The molecule has 2 N–H and O–H groups in total. The minimum atomic E-state index is -0.871. The third-order valence-electron chi connectivity index (χ3n) is 4.00. The van der Waals surface area contributed by atoms with Crippen molar-refractivity contribution in [2.24, 2.45) is 5.73 Å². The van der Waals surface area contributed by atoms with E-state index < -0.39 is 23.5 Å². The van der Waals surface area contributed by atoms with Crippen LogP contribution in [0.1, 0.15) is 49.5 Å². The molecule has 1 heterocycles. The number of fused-ring (bicyclic) bond motifs is 1. The Morgan fingerprint density at radius 2 is 2.04 bits per heavy atom. The number of rotatable bonds is 8. The van der Waals surface area contributed by atoms with E-state index in [4.69, 9.17) is 15.2 Å². The van der Waals surface area contributed by atoms with Gasteiger partial charge in [0, 0.05) is 23.9 Å². The van der Waals surface area contributed by atoms with Gasteiger partial charge in [0.25, 0.3) is 5.91 Å². The number of hydrogen-bond donors (Lipinski definition) is 1. The maximum atomic E-state index is 12.7. The summed E-state index contributed by atoms with van der Waals surface area (Å²) in [5, 5.41) is 0.698. The topological polar surface area (TPSA) is 98.9 Å². The molecule has 1 atom stereocenters. The normalized spacial score (nSPS) is 14.7. The molecular formula is C19H25BrN2O5. The van der Waals surface area contributed by atoms with E-state index in [0.717, 1.165) is 5.56 Å². The molecule has 0 radical (unpaired) electrons. The molecule has 0 saturated carbocycles. The van der Waals surface area contributed by atoms with Gasteiger partial charge >= 0.3 is 5.97 Å². The van der Waals surface area contributed by atoms with Gasteiger partial charge in [0.15, 0.2) is 0 Å². The van der Waals surface area contributed by atoms with Gasteiger partial charge in [-0.25, -0.2) is 0 Å². The zero-order valence-electron chi connectivity index (χ0n) is 15.8. The SMILES string of the molecule is CC(C)(C)OC(=O)CCC(C(N)=O)N1Cc2cc(OCCBr)ccc2C1=O. The van der Waals surface area contributed by atoms with Crippen molar-refractivity contribution in [1.29, 1.82) is 0 Å². The summed E-state index contributed by atoms with van der Waals surface area (Å²) in [6.07, 6.45) is 0.127. The highest BCUT2D eigenvalue weighted by molar-refractivity contribution is 9.09. The van der Waals surface area contributed by atoms with Crippen LogP contribution in [0.2, 0.25) is 0 Å². The number of benzene rings is 1. The van der Waals surface area contributed by atoms with Crippen molar-refractivity contribution in [3.63, 3.8) is 0 Å². The second-order valence-electron chi connectivity index (χ2n) is 7.33. The van der Waals surface area contributed by atoms with Crippen molar-refractivity contribution >= 4 is 33.7 Å².